The van der Waals surface area contributed by atoms with Crippen LogP contribution in [0.1, 0.15) is 23.6 Å². The Labute approximate surface area is 111 Å². The molecule has 1 rings (SSSR count). The van der Waals surface area contributed by atoms with Crippen molar-refractivity contribution in [2.45, 2.75) is 27.7 Å². The van der Waals surface area contributed by atoms with Crippen molar-refractivity contribution in [2.24, 2.45) is 0 Å². The number of hydrogen-bond acceptors (Lipinski definition) is 3. The summed E-state index contributed by atoms with van der Waals surface area (Å²) >= 11 is 0. The van der Waals surface area contributed by atoms with E-state index in [1.807, 2.05) is 0 Å². The second-order valence-corrected chi connectivity index (χ2v) is 4.77. The molecule has 1 aromatic rings. The zero-order valence-corrected chi connectivity index (χ0v) is 12.6. The van der Waals surface area contributed by atoms with Gasteiger partial charge in [-0.15, -0.1) is 0 Å². The van der Waals surface area contributed by atoms with Crippen molar-refractivity contribution in [3.63, 3.8) is 0 Å². The van der Waals surface area contributed by atoms with Crippen LogP contribution in [-0.2, 0) is 0 Å². The van der Waals surface area contributed by atoms with E-state index in [-0.39, 0.29) is 0 Å². The summed E-state index contributed by atoms with van der Waals surface area (Å²) in [5.41, 5.74) is 5.14. The lowest BCUT2D eigenvalue weighted by Gasteiger charge is -2.26. The molecule has 0 aliphatic heterocycles. The van der Waals surface area contributed by atoms with Crippen LogP contribution >= 0.6 is 0 Å². The topological polar surface area (TPSA) is 24.5 Å². The third-order valence-corrected chi connectivity index (χ3v) is 3.48. The zero-order valence-electron chi connectivity index (χ0n) is 12.6. The Balaban J connectivity index is 2.98. The van der Waals surface area contributed by atoms with Crippen molar-refractivity contribution in [1.82, 2.24) is 5.32 Å². The van der Waals surface area contributed by atoms with Crippen molar-refractivity contribution < 1.29 is 4.74 Å². The van der Waals surface area contributed by atoms with E-state index in [9.17, 15) is 0 Å². The fourth-order valence-electron chi connectivity index (χ4n) is 2.37. The standard InChI is InChI=1S/C15H26N2O/c1-7-16-8-9-17(5)15-11(2)10-14(18-6)12(3)13(15)4/h10,16H,7-9H2,1-6H3. The number of rotatable bonds is 6. The number of likely N-dealkylation sites (N-methyl/N-ethyl adjacent to an activating group) is 2. The van der Waals surface area contributed by atoms with Crippen LogP contribution in [0.2, 0.25) is 0 Å². The molecule has 0 radical (unpaired) electrons. The Bertz CT molecular complexity index is 402. The van der Waals surface area contributed by atoms with Gasteiger partial charge in [0.2, 0.25) is 0 Å². The predicted octanol–water partition coefficient (Wildman–Crippen LogP) is 2.67. The molecule has 3 nitrogen and oxygen atoms in total. The fraction of sp³-hybridized carbons (Fsp3) is 0.600. The summed E-state index contributed by atoms with van der Waals surface area (Å²) in [4.78, 5) is 2.32. The van der Waals surface area contributed by atoms with E-state index in [1.165, 1.54) is 22.4 Å². The van der Waals surface area contributed by atoms with Crippen LogP contribution in [0.15, 0.2) is 6.07 Å². The molecule has 0 amide bonds. The quantitative estimate of drug-likeness (QED) is 0.786. The molecule has 0 unspecified atom stereocenters. The predicted molar refractivity (Wildman–Crippen MR) is 79.0 cm³/mol. The molecule has 0 aliphatic carbocycles. The Kier molecular flexibility index (Phi) is 5.48. The molecule has 0 saturated carbocycles. The van der Waals surface area contributed by atoms with Gasteiger partial charge < -0.3 is 15.0 Å². The normalized spacial score (nSPS) is 10.6. The average molecular weight is 250 g/mol. The van der Waals surface area contributed by atoms with Crippen molar-refractivity contribution in [3.8, 4) is 5.75 Å². The largest absolute Gasteiger partial charge is 0.496 e. The number of benzene rings is 1. The molecule has 0 aliphatic rings. The molecule has 18 heavy (non-hydrogen) atoms. The van der Waals surface area contributed by atoms with Gasteiger partial charge in [0, 0.05) is 25.8 Å². The summed E-state index contributed by atoms with van der Waals surface area (Å²) in [7, 11) is 3.88. The number of ether oxygens (including phenoxy) is 1. The monoisotopic (exact) mass is 250 g/mol. The zero-order chi connectivity index (χ0) is 13.7. The number of nitrogens with one attached hydrogen (secondary N) is 1. The van der Waals surface area contributed by atoms with E-state index >= 15 is 0 Å². The van der Waals surface area contributed by atoms with E-state index in [2.05, 4.69) is 51.0 Å². The number of methoxy groups -OCH3 is 1. The van der Waals surface area contributed by atoms with E-state index < -0.39 is 0 Å². The molecule has 0 spiro atoms. The minimum atomic E-state index is 0.980. The highest BCUT2D eigenvalue weighted by atomic mass is 16.5. The van der Waals surface area contributed by atoms with Gasteiger partial charge in [-0.3, -0.25) is 0 Å². The molecule has 1 N–H and O–H groups in total. The van der Waals surface area contributed by atoms with Crippen molar-refractivity contribution in [1.29, 1.82) is 0 Å². The van der Waals surface area contributed by atoms with Gasteiger partial charge >= 0.3 is 0 Å². The summed E-state index contributed by atoms with van der Waals surface area (Å²) in [6.07, 6.45) is 0. The molecular weight excluding hydrogens is 224 g/mol. The Morgan fingerprint density at radius 1 is 1.22 bits per heavy atom. The summed E-state index contributed by atoms with van der Waals surface area (Å²) < 4.78 is 5.41. The van der Waals surface area contributed by atoms with E-state index in [1.54, 1.807) is 7.11 Å². The average Bonchev–Trinajstić information content (AvgIpc) is 2.34. The van der Waals surface area contributed by atoms with Crippen molar-refractivity contribution >= 4 is 5.69 Å². The van der Waals surface area contributed by atoms with Crippen LogP contribution in [0.5, 0.6) is 5.75 Å². The second-order valence-electron chi connectivity index (χ2n) is 4.77. The highest BCUT2D eigenvalue weighted by molar-refractivity contribution is 5.64. The van der Waals surface area contributed by atoms with Gasteiger partial charge in [-0.25, -0.2) is 0 Å². The van der Waals surface area contributed by atoms with Crippen LogP contribution < -0.4 is 15.0 Å². The van der Waals surface area contributed by atoms with Gasteiger partial charge in [0.05, 0.1) is 7.11 Å². The number of nitrogens with zero attached hydrogens (tertiary/aromatic N) is 1. The summed E-state index contributed by atoms with van der Waals surface area (Å²) in [6.45, 7) is 11.6. The molecule has 0 saturated heterocycles. The molecule has 1 aromatic carbocycles. The molecule has 0 fully saturated rings. The maximum atomic E-state index is 5.41. The Morgan fingerprint density at radius 3 is 2.44 bits per heavy atom. The third-order valence-electron chi connectivity index (χ3n) is 3.48. The molecule has 102 valence electrons. The molecule has 0 aromatic heterocycles. The number of hydrogen-bond donors (Lipinski definition) is 1. The SMILES string of the molecule is CCNCCN(C)c1c(C)cc(OC)c(C)c1C. The van der Waals surface area contributed by atoms with E-state index in [0.29, 0.717) is 0 Å². The molecule has 0 atom stereocenters. The van der Waals surface area contributed by atoms with E-state index in [4.69, 9.17) is 4.74 Å². The smallest absolute Gasteiger partial charge is 0.122 e. The number of anilines is 1. The van der Waals surface area contributed by atoms with Crippen LogP contribution in [0.4, 0.5) is 5.69 Å². The van der Waals surface area contributed by atoms with Crippen LogP contribution in [-0.4, -0.2) is 33.8 Å². The lowest BCUT2D eigenvalue weighted by molar-refractivity contribution is 0.411. The molecular formula is C15H26N2O. The van der Waals surface area contributed by atoms with Gasteiger partial charge in [-0.2, -0.15) is 0 Å². The number of aryl methyl sites for hydroxylation is 1. The van der Waals surface area contributed by atoms with Crippen LogP contribution in [0.3, 0.4) is 0 Å². The summed E-state index contributed by atoms with van der Waals surface area (Å²) in [5, 5.41) is 3.36. The lowest BCUT2D eigenvalue weighted by atomic mass is 10.0. The fourth-order valence-corrected chi connectivity index (χ4v) is 2.37. The first-order valence-electron chi connectivity index (χ1n) is 6.59. The minimum Gasteiger partial charge on any atom is -0.496 e. The molecule has 0 heterocycles. The van der Waals surface area contributed by atoms with Gasteiger partial charge in [0.1, 0.15) is 5.75 Å². The van der Waals surface area contributed by atoms with Gasteiger partial charge in [-0.1, -0.05) is 6.92 Å². The molecule has 0 bridgehead atoms. The first-order chi connectivity index (χ1) is 8.52. The van der Waals surface area contributed by atoms with Crippen molar-refractivity contribution in [3.05, 3.63) is 22.8 Å². The Morgan fingerprint density at radius 2 is 1.89 bits per heavy atom. The van der Waals surface area contributed by atoms with Crippen LogP contribution in [0, 0.1) is 20.8 Å². The molecule has 3 heteroatoms. The summed E-state index contributed by atoms with van der Waals surface area (Å²) in [5.74, 6) is 0.980. The van der Waals surface area contributed by atoms with Crippen molar-refractivity contribution in [2.75, 3.05) is 38.7 Å². The second kappa shape index (κ2) is 6.64. The van der Waals surface area contributed by atoms with Gasteiger partial charge in [-0.05, 0) is 50.1 Å². The Hall–Kier alpha value is -1.22. The summed E-state index contributed by atoms with van der Waals surface area (Å²) in [6, 6.07) is 2.13. The third kappa shape index (κ3) is 3.16. The van der Waals surface area contributed by atoms with E-state index in [0.717, 1.165) is 25.4 Å². The van der Waals surface area contributed by atoms with Gasteiger partial charge in [0.15, 0.2) is 0 Å². The minimum absolute atomic E-state index is 0.980. The first kappa shape index (κ1) is 14.8. The highest BCUT2D eigenvalue weighted by Crippen LogP contribution is 2.32. The maximum absolute atomic E-state index is 5.41. The highest BCUT2D eigenvalue weighted by Gasteiger charge is 2.13. The van der Waals surface area contributed by atoms with Gasteiger partial charge in [0.25, 0.3) is 0 Å². The lowest BCUT2D eigenvalue weighted by Crippen LogP contribution is -2.30. The maximum Gasteiger partial charge on any atom is 0.122 e. The van der Waals surface area contributed by atoms with Crippen LogP contribution in [0.25, 0.3) is 0 Å². The first-order valence-corrected chi connectivity index (χ1v) is 6.59.